The van der Waals surface area contributed by atoms with Gasteiger partial charge in [-0.3, -0.25) is 0 Å². The van der Waals surface area contributed by atoms with Crippen LogP contribution in [0.4, 0.5) is 13.2 Å². The van der Waals surface area contributed by atoms with E-state index in [1.54, 1.807) is 0 Å². The van der Waals surface area contributed by atoms with E-state index in [9.17, 15) is 13.2 Å². The van der Waals surface area contributed by atoms with Gasteiger partial charge in [0.2, 0.25) is 11.7 Å². The smallest absolute Gasteiger partial charge is 0.475 e. The number of carbonyl (C=O) groups is 1. The van der Waals surface area contributed by atoms with Crippen molar-refractivity contribution in [3.05, 3.63) is 72.1 Å². The first kappa shape index (κ1) is 20.1. The minimum Gasteiger partial charge on any atom is -0.475 e. The summed E-state index contributed by atoms with van der Waals surface area (Å²) >= 11 is 0. The van der Waals surface area contributed by atoms with Gasteiger partial charge in [-0.1, -0.05) is 65.8 Å². The first-order valence-corrected chi connectivity index (χ1v) is 7.76. The third-order valence-electron chi connectivity index (χ3n) is 3.33. The van der Waals surface area contributed by atoms with E-state index in [4.69, 9.17) is 20.2 Å². The Balaban J connectivity index is 0.000000321. The molecule has 0 saturated heterocycles. The fraction of sp³-hybridized carbons (Fsp3) is 0.167. The lowest BCUT2D eigenvalue weighted by Gasteiger charge is -2.05. The monoisotopic (exact) mass is 379 g/mol. The zero-order chi connectivity index (χ0) is 19.9. The maximum atomic E-state index is 10.6. The molecule has 3 rings (SSSR count). The van der Waals surface area contributed by atoms with E-state index >= 15 is 0 Å². The molecular weight excluding hydrogens is 363 g/mol. The summed E-state index contributed by atoms with van der Waals surface area (Å²) in [4.78, 5) is 13.3. The Bertz CT molecular complexity index is 852. The molecule has 0 aliphatic heterocycles. The maximum absolute atomic E-state index is 10.6. The SMILES string of the molecule is NC(Cc1ccccc1)c1nc(-c2ccccc2)no1.O=C(O)C(F)(F)F. The number of alkyl halides is 3. The molecule has 1 heterocycles. The van der Waals surface area contributed by atoms with Crippen LogP contribution in [0.1, 0.15) is 17.5 Å². The number of nitrogens with zero attached hydrogens (tertiary/aromatic N) is 2. The number of carboxylic acids is 1. The summed E-state index contributed by atoms with van der Waals surface area (Å²) in [5, 5.41) is 11.1. The van der Waals surface area contributed by atoms with Crippen molar-refractivity contribution < 1.29 is 27.6 Å². The minimum absolute atomic E-state index is 0.289. The van der Waals surface area contributed by atoms with Crippen molar-refractivity contribution in [1.82, 2.24) is 10.1 Å². The van der Waals surface area contributed by atoms with Crippen LogP contribution < -0.4 is 5.73 Å². The van der Waals surface area contributed by atoms with Crippen LogP contribution in [0.15, 0.2) is 65.2 Å². The number of hydrogen-bond acceptors (Lipinski definition) is 5. The summed E-state index contributed by atoms with van der Waals surface area (Å²) < 4.78 is 37.0. The molecule has 0 spiro atoms. The van der Waals surface area contributed by atoms with Crippen LogP contribution in [-0.4, -0.2) is 27.4 Å². The Hall–Kier alpha value is -3.20. The van der Waals surface area contributed by atoms with Gasteiger partial charge < -0.3 is 15.4 Å². The van der Waals surface area contributed by atoms with Gasteiger partial charge in [-0.25, -0.2) is 4.79 Å². The van der Waals surface area contributed by atoms with Crippen molar-refractivity contribution in [3.63, 3.8) is 0 Å². The van der Waals surface area contributed by atoms with Gasteiger partial charge in [-0.05, 0) is 12.0 Å². The molecule has 0 radical (unpaired) electrons. The fourth-order valence-electron chi connectivity index (χ4n) is 2.05. The van der Waals surface area contributed by atoms with Crippen molar-refractivity contribution >= 4 is 5.97 Å². The molecule has 27 heavy (non-hydrogen) atoms. The molecule has 142 valence electrons. The van der Waals surface area contributed by atoms with Crippen LogP contribution in [0.3, 0.4) is 0 Å². The van der Waals surface area contributed by atoms with Gasteiger partial charge in [0.05, 0.1) is 6.04 Å². The number of aliphatic carboxylic acids is 1. The fourth-order valence-corrected chi connectivity index (χ4v) is 2.05. The van der Waals surface area contributed by atoms with E-state index in [1.807, 2.05) is 60.7 Å². The number of rotatable bonds is 4. The van der Waals surface area contributed by atoms with Crippen LogP contribution >= 0.6 is 0 Å². The molecule has 6 nitrogen and oxygen atoms in total. The van der Waals surface area contributed by atoms with Gasteiger partial charge in [0.25, 0.3) is 0 Å². The van der Waals surface area contributed by atoms with E-state index in [2.05, 4.69) is 10.1 Å². The largest absolute Gasteiger partial charge is 0.490 e. The van der Waals surface area contributed by atoms with Crippen molar-refractivity contribution in [2.24, 2.45) is 5.73 Å². The van der Waals surface area contributed by atoms with Gasteiger partial charge in [0.15, 0.2) is 0 Å². The topological polar surface area (TPSA) is 102 Å². The van der Waals surface area contributed by atoms with E-state index in [-0.39, 0.29) is 6.04 Å². The molecule has 3 N–H and O–H groups in total. The zero-order valence-corrected chi connectivity index (χ0v) is 13.9. The predicted molar refractivity (Wildman–Crippen MR) is 90.5 cm³/mol. The average Bonchev–Trinajstić information content (AvgIpc) is 3.13. The molecule has 0 saturated carbocycles. The average molecular weight is 379 g/mol. The second-order valence-corrected chi connectivity index (χ2v) is 5.42. The highest BCUT2D eigenvalue weighted by Gasteiger charge is 2.38. The summed E-state index contributed by atoms with van der Waals surface area (Å²) in [7, 11) is 0. The molecule has 9 heteroatoms. The van der Waals surface area contributed by atoms with Crippen LogP contribution in [0.25, 0.3) is 11.4 Å². The molecule has 3 aromatic rings. The molecule has 0 amide bonds. The number of halogens is 3. The third kappa shape index (κ3) is 6.23. The number of aromatic nitrogens is 2. The molecule has 1 atom stereocenters. The Morgan fingerprint density at radius 3 is 2.11 bits per heavy atom. The lowest BCUT2D eigenvalue weighted by Crippen LogP contribution is -2.21. The molecule has 0 bridgehead atoms. The molecule has 1 unspecified atom stereocenters. The van der Waals surface area contributed by atoms with Crippen LogP contribution in [0, 0.1) is 0 Å². The summed E-state index contributed by atoms with van der Waals surface area (Å²) in [6.07, 6.45) is -4.41. The van der Waals surface area contributed by atoms with E-state index in [0.717, 1.165) is 11.1 Å². The highest BCUT2D eigenvalue weighted by Crippen LogP contribution is 2.19. The summed E-state index contributed by atoms with van der Waals surface area (Å²) in [5.41, 5.74) is 8.20. The quantitative estimate of drug-likeness (QED) is 0.718. The Morgan fingerprint density at radius 2 is 1.59 bits per heavy atom. The maximum Gasteiger partial charge on any atom is 0.490 e. The lowest BCUT2D eigenvalue weighted by molar-refractivity contribution is -0.192. The summed E-state index contributed by atoms with van der Waals surface area (Å²) in [5.74, 6) is -1.72. The van der Waals surface area contributed by atoms with Gasteiger partial charge >= 0.3 is 12.1 Å². The lowest BCUT2D eigenvalue weighted by atomic mass is 10.1. The summed E-state index contributed by atoms with van der Waals surface area (Å²) in [6, 6.07) is 19.5. The van der Waals surface area contributed by atoms with Gasteiger partial charge in [0.1, 0.15) is 0 Å². The van der Waals surface area contributed by atoms with E-state index in [1.165, 1.54) is 0 Å². The molecule has 0 aliphatic rings. The van der Waals surface area contributed by atoms with Gasteiger partial charge in [-0.2, -0.15) is 18.2 Å². The molecule has 0 aliphatic carbocycles. The number of hydrogen-bond donors (Lipinski definition) is 2. The predicted octanol–water partition coefficient (Wildman–Crippen LogP) is 3.61. The summed E-state index contributed by atoms with van der Waals surface area (Å²) in [6.45, 7) is 0. The van der Waals surface area contributed by atoms with Crippen molar-refractivity contribution in [1.29, 1.82) is 0 Å². The van der Waals surface area contributed by atoms with E-state index < -0.39 is 12.1 Å². The zero-order valence-electron chi connectivity index (χ0n) is 13.9. The second-order valence-electron chi connectivity index (χ2n) is 5.42. The van der Waals surface area contributed by atoms with Gasteiger partial charge in [-0.15, -0.1) is 0 Å². The third-order valence-corrected chi connectivity index (χ3v) is 3.33. The number of nitrogens with two attached hydrogens (primary N) is 1. The van der Waals surface area contributed by atoms with Crippen LogP contribution in [0.2, 0.25) is 0 Å². The normalized spacial score (nSPS) is 12.0. The second kappa shape index (κ2) is 8.95. The van der Waals surface area contributed by atoms with Crippen LogP contribution in [-0.2, 0) is 11.2 Å². The molecule has 2 aromatic carbocycles. The first-order valence-electron chi connectivity index (χ1n) is 7.76. The number of carboxylic acid groups (broad SMARTS) is 1. The van der Waals surface area contributed by atoms with Crippen molar-refractivity contribution in [2.45, 2.75) is 18.6 Å². The standard InChI is InChI=1S/C16H15N3O.C2HF3O2/c17-14(11-12-7-3-1-4-8-12)16-18-15(19-20-16)13-9-5-2-6-10-13;3-2(4,5)1(6)7/h1-10,14H,11,17H2;(H,6,7). The Kier molecular flexibility index (Phi) is 6.67. The van der Waals surface area contributed by atoms with E-state index in [0.29, 0.717) is 18.1 Å². The van der Waals surface area contributed by atoms with Crippen molar-refractivity contribution in [2.75, 3.05) is 0 Å². The highest BCUT2D eigenvalue weighted by atomic mass is 19.4. The molecular formula is C18H16F3N3O3. The first-order chi connectivity index (χ1) is 12.8. The van der Waals surface area contributed by atoms with Crippen molar-refractivity contribution in [3.8, 4) is 11.4 Å². The highest BCUT2D eigenvalue weighted by molar-refractivity contribution is 5.73. The number of benzene rings is 2. The molecule has 0 fully saturated rings. The Labute approximate surface area is 152 Å². The van der Waals surface area contributed by atoms with Gasteiger partial charge in [0, 0.05) is 5.56 Å². The van der Waals surface area contributed by atoms with Crippen LogP contribution in [0.5, 0.6) is 0 Å². The Morgan fingerprint density at radius 1 is 1.07 bits per heavy atom. The molecule has 1 aromatic heterocycles. The minimum atomic E-state index is -5.08.